The number of nitro benzene ring substituents is 1. The lowest BCUT2D eigenvalue weighted by atomic mass is 10.1. The van der Waals surface area contributed by atoms with Crippen molar-refractivity contribution < 1.29 is 19.1 Å². The van der Waals surface area contributed by atoms with Gasteiger partial charge in [-0.25, -0.2) is 0 Å². The van der Waals surface area contributed by atoms with E-state index in [2.05, 4.69) is 5.32 Å². The van der Waals surface area contributed by atoms with Crippen molar-refractivity contribution in [3.8, 4) is 11.5 Å². The van der Waals surface area contributed by atoms with Crippen LogP contribution in [-0.2, 0) is 4.74 Å². The second-order valence-corrected chi connectivity index (χ2v) is 4.10. The van der Waals surface area contributed by atoms with Gasteiger partial charge in [-0.05, 0) is 11.6 Å². The molecular formula is C12H16N2O5. The number of rotatable bonds is 4. The fourth-order valence-corrected chi connectivity index (χ4v) is 2.07. The molecule has 2 rings (SSSR count). The highest BCUT2D eigenvalue weighted by Gasteiger charge is 2.25. The Bertz CT molecular complexity index is 471. The Hall–Kier alpha value is -1.86. The van der Waals surface area contributed by atoms with Crippen molar-refractivity contribution in [3.63, 3.8) is 0 Å². The summed E-state index contributed by atoms with van der Waals surface area (Å²) in [5.74, 6) is 0.459. The molecule has 1 unspecified atom stereocenters. The monoisotopic (exact) mass is 268 g/mol. The van der Waals surface area contributed by atoms with Gasteiger partial charge in [-0.1, -0.05) is 0 Å². The molecule has 1 heterocycles. The van der Waals surface area contributed by atoms with Gasteiger partial charge in [0.25, 0.3) is 0 Å². The summed E-state index contributed by atoms with van der Waals surface area (Å²) in [7, 11) is 2.83. The van der Waals surface area contributed by atoms with Crippen LogP contribution in [-0.4, -0.2) is 38.8 Å². The molecule has 0 saturated carbocycles. The molecule has 1 aliphatic heterocycles. The third-order valence-electron chi connectivity index (χ3n) is 2.98. The van der Waals surface area contributed by atoms with Crippen LogP contribution in [0.5, 0.6) is 11.5 Å². The average molecular weight is 268 g/mol. The summed E-state index contributed by atoms with van der Waals surface area (Å²) in [4.78, 5) is 10.6. The van der Waals surface area contributed by atoms with Gasteiger partial charge in [-0.2, -0.15) is 0 Å². The van der Waals surface area contributed by atoms with Gasteiger partial charge >= 0.3 is 5.69 Å². The van der Waals surface area contributed by atoms with Gasteiger partial charge in [0, 0.05) is 19.2 Å². The fraction of sp³-hybridized carbons (Fsp3) is 0.500. The number of nitrogens with one attached hydrogen (secondary N) is 1. The first-order valence-corrected chi connectivity index (χ1v) is 5.90. The van der Waals surface area contributed by atoms with E-state index in [0.717, 1.165) is 6.54 Å². The number of nitro groups is 1. The largest absolute Gasteiger partial charge is 0.493 e. The maximum absolute atomic E-state index is 11.1. The van der Waals surface area contributed by atoms with Crippen molar-refractivity contribution in [2.45, 2.75) is 6.10 Å². The molecule has 1 aliphatic rings. The van der Waals surface area contributed by atoms with Crippen molar-refractivity contribution in [1.29, 1.82) is 0 Å². The van der Waals surface area contributed by atoms with Gasteiger partial charge in [-0.15, -0.1) is 0 Å². The van der Waals surface area contributed by atoms with E-state index in [9.17, 15) is 10.1 Å². The van der Waals surface area contributed by atoms with Crippen molar-refractivity contribution in [2.75, 3.05) is 33.9 Å². The third-order valence-corrected chi connectivity index (χ3v) is 2.98. The fourth-order valence-electron chi connectivity index (χ4n) is 2.07. The number of methoxy groups -OCH3 is 2. The summed E-state index contributed by atoms with van der Waals surface area (Å²) in [6.07, 6.45) is -0.216. The lowest BCUT2D eigenvalue weighted by Gasteiger charge is -2.24. The Balaban J connectivity index is 2.44. The van der Waals surface area contributed by atoms with Crippen LogP contribution in [0.4, 0.5) is 5.69 Å². The molecule has 1 aromatic rings. The molecule has 0 amide bonds. The van der Waals surface area contributed by atoms with E-state index in [1.165, 1.54) is 20.3 Å². The second kappa shape index (κ2) is 5.85. The Morgan fingerprint density at radius 3 is 2.74 bits per heavy atom. The SMILES string of the molecule is COc1cc(C2CNCCO2)cc([N+](=O)[O-])c1OC. The molecule has 0 aromatic heterocycles. The van der Waals surface area contributed by atoms with E-state index in [0.29, 0.717) is 24.5 Å². The van der Waals surface area contributed by atoms with E-state index in [1.807, 2.05) is 0 Å². The highest BCUT2D eigenvalue weighted by atomic mass is 16.6. The van der Waals surface area contributed by atoms with Crippen molar-refractivity contribution in [3.05, 3.63) is 27.8 Å². The summed E-state index contributed by atoms with van der Waals surface area (Å²) < 4.78 is 15.8. The summed E-state index contributed by atoms with van der Waals surface area (Å²) in [5, 5.41) is 14.3. The average Bonchev–Trinajstić information content (AvgIpc) is 2.46. The van der Waals surface area contributed by atoms with E-state index < -0.39 is 4.92 Å². The van der Waals surface area contributed by atoms with E-state index >= 15 is 0 Å². The maximum Gasteiger partial charge on any atom is 0.315 e. The van der Waals surface area contributed by atoms with E-state index in [1.54, 1.807) is 6.07 Å². The summed E-state index contributed by atoms with van der Waals surface area (Å²) in [6, 6.07) is 3.18. The molecule has 1 N–H and O–H groups in total. The van der Waals surface area contributed by atoms with E-state index in [-0.39, 0.29) is 17.5 Å². The van der Waals surface area contributed by atoms with Crippen LogP contribution in [0.15, 0.2) is 12.1 Å². The Kier molecular flexibility index (Phi) is 4.18. The van der Waals surface area contributed by atoms with Crippen LogP contribution in [0.25, 0.3) is 0 Å². The first kappa shape index (κ1) is 13.6. The molecule has 0 radical (unpaired) electrons. The third kappa shape index (κ3) is 2.77. The van der Waals surface area contributed by atoms with Crippen molar-refractivity contribution in [1.82, 2.24) is 5.32 Å². The zero-order valence-corrected chi connectivity index (χ0v) is 10.8. The van der Waals surface area contributed by atoms with Crippen LogP contribution in [0.1, 0.15) is 11.7 Å². The normalized spacial score (nSPS) is 18.9. The minimum Gasteiger partial charge on any atom is -0.493 e. The van der Waals surface area contributed by atoms with Crippen LogP contribution < -0.4 is 14.8 Å². The van der Waals surface area contributed by atoms with Gasteiger partial charge in [0.2, 0.25) is 5.75 Å². The number of morpholine rings is 1. The first-order chi connectivity index (χ1) is 9.17. The van der Waals surface area contributed by atoms with Gasteiger partial charge in [-0.3, -0.25) is 10.1 Å². The topological polar surface area (TPSA) is 82.9 Å². The summed E-state index contributed by atoms with van der Waals surface area (Å²) in [5.41, 5.74) is 0.586. The van der Waals surface area contributed by atoms with Crippen LogP contribution in [0, 0.1) is 10.1 Å². The Morgan fingerprint density at radius 2 is 2.21 bits per heavy atom. The van der Waals surface area contributed by atoms with Gasteiger partial charge in [0.1, 0.15) is 0 Å². The summed E-state index contributed by atoms with van der Waals surface area (Å²) in [6.45, 7) is 1.98. The molecule has 1 aromatic carbocycles. The molecule has 19 heavy (non-hydrogen) atoms. The minimum absolute atomic E-state index is 0.119. The lowest BCUT2D eigenvalue weighted by Crippen LogP contribution is -2.33. The quantitative estimate of drug-likeness (QED) is 0.654. The maximum atomic E-state index is 11.1. The van der Waals surface area contributed by atoms with E-state index in [4.69, 9.17) is 14.2 Å². The van der Waals surface area contributed by atoms with Gasteiger partial charge < -0.3 is 19.5 Å². The molecule has 7 heteroatoms. The number of hydrogen-bond acceptors (Lipinski definition) is 6. The Morgan fingerprint density at radius 1 is 1.42 bits per heavy atom. The number of hydrogen-bond donors (Lipinski definition) is 1. The highest BCUT2D eigenvalue weighted by molar-refractivity contribution is 5.58. The molecule has 7 nitrogen and oxygen atoms in total. The highest BCUT2D eigenvalue weighted by Crippen LogP contribution is 2.40. The first-order valence-electron chi connectivity index (χ1n) is 5.90. The standard InChI is InChI=1S/C12H16N2O5/c1-17-10-6-8(11-7-13-3-4-19-11)5-9(14(15)16)12(10)18-2/h5-6,11,13H,3-4,7H2,1-2H3. The van der Waals surface area contributed by atoms with Crippen molar-refractivity contribution in [2.24, 2.45) is 0 Å². The zero-order valence-electron chi connectivity index (χ0n) is 10.8. The van der Waals surface area contributed by atoms with Crippen molar-refractivity contribution >= 4 is 5.69 Å². The molecule has 1 fully saturated rings. The lowest BCUT2D eigenvalue weighted by molar-refractivity contribution is -0.385. The molecule has 0 bridgehead atoms. The smallest absolute Gasteiger partial charge is 0.315 e. The Labute approximate surface area is 110 Å². The zero-order chi connectivity index (χ0) is 13.8. The molecule has 0 spiro atoms. The predicted octanol–water partition coefficient (Wildman–Crippen LogP) is 1.27. The molecule has 104 valence electrons. The predicted molar refractivity (Wildman–Crippen MR) is 67.8 cm³/mol. The number of ether oxygens (including phenoxy) is 3. The number of nitrogens with zero attached hydrogens (tertiary/aromatic N) is 1. The van der Waals surface area contributed by atoms with Gasteiger partial charge in [0.05, 0.1) is 31.9 Å². The molecule has 0 aliphatic carbocycles. The molecule has 1 atom stereocenters. The number of benzene rings is 1. The molecular weight excluding hydrogens is 252 g/mol. The van der Waals surface area contributed by atoms with Crippen LogP contribution in [0.2, 0.25) is 0 Å². The van der Waals surface area contributed by atoms with Crippen LogP contribution >= 0.6 is 0 Å². The van der Waals surface area contributed by atoms with Crippen LogP contribution in [0.3, 0.4) is 0 Å². The summed E-state index contributed by atoms with van der Waals surface area (Å²) >= 11 is 0. The molecule has 1 saturated heterocycles. The minimum atomic E-state index is -0.485. The van der Waals surface area contributed by atoms with Gasteiger partial charge in [0.15, 0.2) is 5.75 Å². The second-order valence-electron chi connectivity index (χ2n) is 4.10.